The van der Waals surface area contributed by atoms with Crippen molar-refractivity contribution in [1.82, 2.24) is 4.90 Å². The van der Waals surface area contributed by atoms with E-state index in [1.807, 2.05) is 6.26 Å². The molecule has 1 amide bonds. The molecule has 0 radical (unpaired) electrons. The van der Waals surface area contributed by atoms with Crippen LogP contribution in [0.15, 0.2) is 0 Å². The van der Waals surface area contributed by atoms with Crippen LogP contribution in [-0.2, 0) is 14.6 Å². The van der Waals surface area contributed by atoms with Gasteiger partial charge in [0.25, 0.3) is 0 Å². The second-order valence-electron chi connectivity index (χ2n) is 5.33. The van der Waals surface area contributed by atoms with Crippen LogP contribution in [-0.4, -0.2) is 61.4 Å². The van der Waals surface area contributed by atoms with Gasteiger partial charge in [0.05, 0.1) is 17.5 Å². The highest BCUT2D eigenvalue weighted by Crippen LogP contribution is 2.19. The third kappa shape index (κ3) is 5.26. The lowest BCUT2D eigenvalue weighted by molar-refractivity contribution is -0.134. The Balaban J connectivity index is 2.70. The highest BCUT2D eigenvalue weighted by atomic mass is 32.2. The second kappa shape index (κ2) is 8.24. The number of nitrogens with two attached hydrogens (primary N) is 1. The van der Waals surface area contributed by atoms with Crippen molar-refractivity contribution in [3.8, 4) is 0 Å². The summed E-state index contributed by atoms with van der Waals surface area (Å²) < 4.78 is 23.2. The minimum absolute atomic E-state index is 0.0883. The maximum absolute atomic E-state index is 12.4. The number of sulfone groups is 1. The number of unbranched alkanes of at least 4 members (excludes halogenated alkanes) is 1. The minimum atomic E-state index is -2.98. The Kier molecular flexibility index (Phi) is 7.33. The van der Waals surface area contributed by atoms with Crippen molar-refractivity contribution in [2.75, 3.05) is 30.1 Å². The molecule has 1 aliphatic rings. The summed E-state index contributed by atoms with van der Waals surface area (Å²) in [6.07, 6.45) is 5.03. The van der Waals surface area contributed by atoms with E-state index in [1.165, 1.54) is 0 Å². The molecule has 1 rings (SSSR count). The van der Waals surface area contributed by atoms with Gasteiger partial charge in [0.2, 0.25) is 5.91 Å². The van der Waals surface area contributed by atoms with Gasteiger partial charge in [0, 0.05) is 12.6 Å². The average molecular weight is 322 g/mol. The molecule has 2 atom stereocenters. The first-order valence-electron chi connectivity index (χ1n) is 7.16. The van der Waals surface area contributed by atoms with Crippen LogP contribution in [0, 0.1) is 0 Å². The van der Waals surface area contributed by atoms with E-state index in [0.717, 1.165) is 18.6 Å². The Hall–Kier alpha value is -0.270. The maximum atomic E-state index is 12.4. The molecule has 1 fully saturated rings. The zero-order valence-electron chi connectivity index (χ0n) is 12.4. The van der Waals surface area contributed by atoms with Gasteiger partial charge in [-0.3, -0.25) is 4.79 Å². The predicted octanol–water partition coefficient (Wildman–Crippen LogP) is 0.883. The van der Waals surface area contributed by atoms with Gasteiger partial charge in [-0.1, -0.05) is 13.3 Å². The summed E-state index contributed by atoms with van der Waals surface area (Å²) in [5.74, 6) is 1.04. The lowest BCUT2D eigenvalue weighted by Crippen LogP contribution is -2.49. The summed E-state index contributed by atoms with van der Waals surface area (Å²) in [5, 5.41) is 0. The molecule has 0 aromatic carbocycles. The zero-order valence-corrected chi connectivity index (χ0v) is 14.0. The smallest absolute Gasteiger partial charge is 0.239 e. The van der Waals surface area contributed by atoms with Crippen LogP contribution < -0.4 is 5.73 Å². The molecule has 7 heteroatoms. The number of hydrogen-bond donors (Lipinski definition) is 1. The molecule has 0 bridgehead atoms. The van der Waals surface area contributed by atoms with Gasteiger partial charge in [-0.05, 0) is 31.3 Å². The van der Waals surface area contributed by atoms with Crippen molar-refractivity contribution in [3.05, 3.63) is 0 Å². The van der Waals surface area contributed by atoms with Gasteiger partial charge in [0.1, 0.15) is 0 Å². The summed E-state index contributed by atoms with van der Waals surface area (Å²) in [6, 6.07) is -0.693. The Bertz CT molecular complexity index is 412. The van der Waals surface area contributed by atoms with Crippen LogP contribution in [0.5, 0.6) is 0 Å². The van der Waals surface area contributed by atoms with E-state index in [2.05, 4.69) is 6.92 Å². The van der Waals surface area contributed by atoms with Crippen molar-refractivity contribution >= 4 is 27.5 Å². The van der Waals surface area contributed by atoms with Crippen molar-refractivity contribution in [3.63, 3.8) is 0 Å². The third-order valence-electron chi connectivity index (χ3n) is 3.63. The largest absolute Gasteiger partial charge is 0.337 e. The first kappa shape index (κ1) is 17.8. The SMILES string of the molecule is CCCCN(C(=O)[C@H](N)CCSC)C1CCS(=O)(=O)C1. The number of nitrogens with zero attached hydrogens (tertiary/aromatic N) is 1. The van der Waals surface area contributed by atoms with Crippen LogP contribution in [0.2, 0.25) is 0 Å². The van der Waals surface area contributed by atoms with E-state index in [4.69, 9.17) is 5.73 Å². The molecule has 0 aromatic rings. The molecular weight excluding hydrogens is 296 g/mol. The minimum Gasteiger partial charge on any atom is -0.337 e. The Morgan fingerprint density at radius 2 is 2.20 bits per heavy atom. The van der Waals surface area contributed by atoms with Gasteiger partial charge >= 0.3 is 0 Å². The molecule has 20 heavy (non-hydrogen) atoms. The maximum Gasteiger partial charge on any atom is 0.239 e. The van der Waals surface area contributed by atoms with Gasteiger partial charge in [-0.15, -0.1) is 0 Å². The molecule has 118 valence electrons. The first-order chi connectivity index (χ1) is 9.41. The Morgan fingerprint density at radius 1 is 1.50 bits per heavy atom. The molecule has 0 spiro atoms. The highest BCUT2D eigenvalue weighted by molar-refractivity contribution is 7.98. The topological polar surface area (TPSA) is 80.5 Å². The van der Waals surface area contributed by atoms with Crippen molar-refractivity contribution in [1.29, 1.82) is 0 Å². The predicted molar refractivity (Wildman–Crippen MR) is 84.7 cm³/mol. The molecule has 0 saturated carbocycles. The zero-order chi connectivity index (χ0) is 15.2. The Labute approximate surface area is 126 Å². The lowest BCUT2D eigenvalue weighted by Gasteiger charge is -2.30. The molecule has 1 unspecified atom stereocenters. The summed E-state index contributed by atoms with van der Waals surface area (Å²) in [4.78, 5) is 14.2. The third-order valence-corrected chi connectivity index (χ3v) is 6.03. The molecule has 2 N–H and O–H groups in total. The fourth-order valence-corrected chi connectivity index (χ4v) is 4.62. The fraction of sp³-hybridized carbons (Fsp3) is 0.923. The molecular formula is C13H26N2O3S2. The van der Waals surface area contributed by atoms with E-state index in [-0.39, 0.29) is 23.5 Å². The van der Waals surface area contributed by atoms with Crippen molar-refractivity contribution < 1.29 is 13.2 Å². The van der Waals surface area contributed by atoms with E-state index in [0.29, 0.717) is 19.4 Å². The van der Waals surface area contributed by atoms with Gasteiger partial charge in [-0.25, -0.2) is 8.42 Å². The van der Waals surface area contributed by atoms with Crippen LogP contribution in [0.25, 0.3) is 0 Å². The van der Waals surface area contributed by atoms with E-state index in [1.54, 1.807) is 16.7 Å². The normalized spacial score (nSPS) is 22.6. The second-order valence-corrected chi connectivity index (χ2v) is 8.54. The number of rotatable bonds is 8. The molecule has 0 aliphatic carbocycles. The highest BCUT2D eigenvalue weighted by Gasteiger charge is 2.35. The molecule has 1 heterocycles. The first-order valence-corrected chi connectivity index (χ1v) is 10.4. The summed E-state index contributed by atoms with van der Waals surface area (Å²) in [7, 11) is -2.98. The summed E-state index contributed by atoms with van der Waals surface area (Å²) in [5.41, 5.74) is 5.96. The van der Waals surface area contributed by atoms with Gasteiger partial charge < -0.3 is 10.6 Å². The van der Waals surface area contributed by atoms with Gasteiger partial charge in [0.15, 0.2) is 9.84 Å². The number of carbonyl (C=O) groups is 1. The summed E-state index contributed by atoms with van der Waals surface area (Å²) >= 11 is 1.66. The quantitative estimate of drug-likeness (QED) is 0.717. The number of thioether (sulfide) groups is 1. The molecule has 0 aromatic heterocycles. The van der Waals surface area contributed by atoms with Crippen molar-refractivity contribution in [2.24, 2.45) is 5.73 Å². The molecule has 5 nitrogen and oxygen atoms in total. The number of amides is 1. The van der Waals surface area contributed by atoms with Crippen molar-refractivity contribution in [2.45, 2.75) is 44.7 Å². The Morgan fingerprint density at radius 3 is 2.70 bits per heavy atom. The van der Waals surface area contributed by atoms with Crippen LogP contribution in [0.1, 0.15) is 32.6 Å². The number of hydrogen-bond acceptors (Lipinski definition) is 5. The fourth-order valence-electron chi connectivity index (χ4n) is 2.40. The summed E-state index contributed by atoms with van der Waals surface area (Å²) in [6.45, 7) is 2.67. The molecule has 1 aliphatic heterocycles. The van der Waals surface area contributed by atoms with Crippen LogP contribution in [0.3, 0.4) is 0 Å². The van der Waals surface area contributed by atoms with E-state index >= 15 is 0 Å². The lowest BCUT2D eigenvalue weighted by atomic mass is 10.1. The monoisotopic (exact) mass is 322 g/mol. The van der Waals surface area contributed by atoms with E-state index < -0.39 is 15.9 Å². The van der Waals surface area contributed by atoms with Crippen LogP contribution in [0.4, 0.5) is 0 Å². The standard InChI is InChI=1S/C13H26N2O3S2/c1-3-4-7-15(11-6-9-20(17,18)10-11)13(16)12(14)5-8-19-2/h11-12H,3-10,14H2,1-2H3/t11?,12-/m1/s1. The number of carbonyl (C=O) groups excluding carboxylic acids is 1. The van der Waals surface area contributed by atoms with Gasteiger partial charge in [-0.2, -0.15) is 11.8 Å². The average Bonchev–Trinajstić information content (AvgIpc) is 2.76. The molecule has 1 saturated heterocycles. The van der Waals surface area contributed by atoms with E-state index in [9.17, 15) is 13.2 Å². The van der Waals surface area contributed by atoms with Crippen LogP contribution >= 0.6 is 11.8 Å².